The molecule has 1 N–H and O–H groups in total. The third-order valence-electron chi connectivity index (χ3n) is 4.57. The molecule has 5 rings (SSSR count). The maximum atomic E-state index is 10.4. The van der Waals surface area contributed by atoms with Gasteiger partial charge in [-0.05, 0) is 24.3 Å². The number of aromatic nitrogens is 4. The molecule has 6 nitrogen and oxygen atoms in total. The van der Waals surface area contributed by atoms with E-state index in [2.05, 4.69) is 22.2 Å². The molecule has 4 aromatic heterocycles. The molecule has 126 valence electrons. The van der Waals surface area contributed by atoms with Gasteiger partial charge in [0.25, 0.3) is 0 Å². The molecule has 0 spiro atoms. The van der Waals surface area contributed by atoms with Crippen LogP contribution in [0.25, 0.3) is 32.5 Å². The van der Waals surface area contributed by atoms with E-state index in [0.29, 0.717) is 13.2 Å². The highest BCUT2D eigenvalue weighted by molar-refractivity contribution is 7.18. The number of rotatable bonds is 3. The monoisotopic (exact) mass is 352 g/mol. The number of hydrogen-bond donors (Lipinski definition) is 1. The molecular weight excluding hydrogens is 336 g/mol. The van der Waals surface area contributed by atoms with Crippen molar-refractivity contribution in [1.29, 1.82) is 0 Å². The Labute approximate surface area is 147 Å². The van der Waals surface area contributed by atoms with Crippen LogP contribution in [0.1, 0.15) is 11.0 Å². The minimum atomic E-state index is -0.468. The zero-order valence-corrected chi connectivity index (χ0v) is 14.4. The van der Waals surface area contributed by atoms with Crippen molar-refractivity contribution in [3.05, 3.63) is 41.5 Å². The number of ether oxygens (including phenoxy) is 1. The van der Waals surface area contributed by atoms with E-state index in [4.69, 9.17) is 9.72 Å². The Morgan fingerprint density at radius 3 is 2.96 bits per heavy atom. The summed E-state index contributed by atoms with van der Waals surface area (Å²) in [5, 5.41) is 16.8. The first-order valence-corrected chi connectivity index (χ1v) is 8.95. The maximum Gasteiger partial charge on any atom is 0.181 e. The fourth-order valence-electron chi connectivity index (χ4n) is 3.08. The summed E-state index contributed by atoms with van der Waals surface area (Å²) in [6, 6.07) is 8.13. The van der Waals surface area contributed by atoms with Gasteiger partial charge in [-0.2, -0.15) is 5.10 Å². The number of hydrogen-bond acceptors (Lipinski definition) is 6. The summed E-state index contributed by atoms with van der Waals surface area (Å²) in [4.78, 5) is 11.1. The van der Waals surface area contributed by atoms with Gasteiger partial charge in [0.05, 0.1) is 25.0 Å². The lowest BCUT2D eigenvalue weighted by atomic mass is 9.99. The molecule has 1 atom stereocenters. The molecule has 1 saturated heterocycles. The Hall–Kier alpha value is -2.35. The predicted molar refractivity (Wildman–Crippen MR) is 96.4 cm³/mol. The quantitative estimate of drug-likeness (QED) is 0.614. The first kappa shape index (κ1) is 14.9. The fraction of sp³-hybridized carbons (Fsp3) is 0.278. The second-order valence-corrected chi connectivity index (χ2v) is 7.48. The Balaban J connectivity index is 1.54. The largest absolute Gasteiger partial charge is 0.387 e. The third-order valence-corrected chi connectivity index (χ3v) is 5.69. The molecule has 5 heterocycles. The van der Waals surface area contributed by atoms with Crippen molar-refractivity contribution in [2.75, 3.05) is 13.2 Å². The molecule has 0 aliphatic carbocycles. The first-order valence-electron chi connectivity index (χ1n) is 8.13. The molecule has 4 aromatic rings. The highest BCUT2D eigenvalue weighted by Gasteiger charge is 2.29. The summed E-state index contributed by atoms with van der Waals surface area (Å²) in [5.41, 5.74) is 2.57. The van der Waals surface area contributed by atoms with Crippen LogP contribution in [0, 0.1) is 5.92 Å². The van der Waals surface area contributed by atoms with Crippen LogP contribution in [-0.2, 0) is 11.8 Å². The van der Waals surface area contributed by atoms with Crippen LogP contribution in [0.15, 0.2) is 36.7 Å². The number of aryl methyl sites for hydroxylation is 1. The number of aliphatic hydroxyl groups excluding tert-OH is 1. The van der Waals surface area contributed by atoms with E-state index in [-0.39, 0.29) is 5.92 Å². The van der Waals surface area contributed by atoms with E-state index in [1.807, 2.05) is 25.4 Å². The highest BCUT2D eigenvalue weighted by Crippen LogP contribution is 2.36. The molecule has 25 heavy (non-hydrogen) atoms. The van der Waals surface area contributed by atoms with Gasteiger partial charge in [-0.25, -0.2) is 9.97 Å². The average Bonchev–Trinajstić information content (AvgIpc) is 3.13. The number of aliphatic hydroxyl groups is 1. The van der Waals surface area contributed by atoms with Crippen molar-refractivity contribution in [2.45, 2.75) is 6.10 Å². The fourth-order valence-corrected chi connectivity index (χ4v) is 4.20. The molecule has 0 saturated carbocycles. The van der Waals surface area contributed by atoms with Gasteiger partial charge in [0.2, 0.25) is 0 Å². The molecule has 1 fully saturated rings. The summed E-state index contributed by atoms with van der Waals surface area (Å²) in [6.07, 6.45) is 3.29. The van der Waals surface area contributed by atoms with Gasteiger partial charge in [0, 0.05) is 46.6 Å². The van der Waals surface area contributed by atoms with Gasteiger partial charge in [0.15, 0.2) is 5.65 Å². The van der Waals surface area contributed by atoms with Gasteiger partial charge in [-0.15, -0.1) is 11.3 Å². The normalized spacial score (nSPS) is 16.4. The lowest BCUT2D eigenvalue weighted by molar-refractivity contribution is -0.0913. The van der Waals surface area contributed by atoms with Crippen molar-refractivity contribution in [3.63, 3.8) is 0 Å². The lowest BCUT2D eigenvalue weighted by Crippen LogP contribution is -2.32. The van der Waals surface area contributed by atoms with Gasteiger partial charge in [-0.3, -0.25) is 4.68 Å². The number of nitrogens with zero attached hydrogens (tertiary/aromatic N) is 4. The molecular formula is C18H16N4O2S. The van der Waals surface area contributed by atoms with Crippen molar-refractivity contribution < 1.29 is 9.84 Å². The van der Waals surface area contributed by atoms with E-state index in [0.717, 1.165) is 37.4 Å². The Morgan fingerprint density at radius 2 is 2.16 bits per heavy atom. The highest BCUT2D eigenvalue weighted by atomic mass is 32.1. The van der Waals surface area contributed by atoms with E-state index in [1.165, 1.54) is 0 Å². The summed E-state index contributed by atoms with van der Waals surface area (Å²) in [7, 11) is 1.89. The number of thiophene rings is 1. The summed E-state index contributed by atoms with van der Waals surface area (Å²) >= 11 is 1.55. The second kappa shape index (κ2) is 5.59. The van der Waals surface area contributed by atoms with Crippen LogP contribution in [0.3, 0.4) is 0 Å². The zero-order valence-electron chi connectivity index (χ0n) is 13.6. The van der Waals surface area contributed by atoms with Gasteiger partial charge < -0.3 is 9.84 Å². The molecule has 0 radical (unpaired) electrons. The van der Waals surface area contributed by atoms with Gasteiger partial charge >= 0.3 is 0 Å². The molecule has 0 amide bonds. The van der Waals surface area contributed by atoms with Crippen molar-refractivity contribution in [3.8, 4) is 11.3 Å². The topological polar surface area (TPSA) is 73.1 Å². The van der Waals surface area contributed by atoms with Crippen molar-refractivity contribution in [1.82, 2.24) is 19.7 Å². The molecule has 0 bridgehead atoms. The van der Waals surface area contributed by atoms with E-state index in [1.54, 1.807) is 22.2 Å². The SMILES string of the molecule is Cn1cc2cc(-c3ccc4cc(C(O)C5COC5)sc4n3)cnc2n1. The molecule has 0 aromatic carbocycles. The third kappa shape index (κ3) is 2.52. The summed E-state index contributed by atoms with van der Waals surface area (Å²) in [6.45, 7) is 1.26. The Kier molecular flexibility index (Phi) is 3.34. The van der Waals surface area contributed by atoms with Crippen LogP contribution in [-0.4, -0.2) is 38.1 Å². The lowest BCUT2D eigenvalue weighted by Gasteiger charge is -2.29. The molecule has 1 unspecified atom stereocenters. The van der Waals surface area contributed by atoms with Crippen LogP contribution < -0.4 is 0 Å². The smallest absolute Gasteiger partial charge is 0.181 e. The van der Waals surface area contributed by atoms with Gasteiger partial charge in [-0.1, -0.05) is 0 Å². The van der Waals surface area contributed by atoms with E-state index < -0.39 is 6.10 Å². The molecule has 1 aliphatic rings. The average molecular weight is 352 g/mol. The standard InChI is InChI=1S/C18H16N4O2S/c1-22-7-12-4-11(6-19-17(12)21-22)14-3-2-10-5-15(25-18(10)20-14)16(23)13-8-24-9-13/h2-7,13,16,23H,8-9H2,1H3. The Morgan fingerprint density at radius 1 is 1.28 bits per heavy atom. The van der Waals surface area contributed by atoms with Crippen LogP contribution in [0.5, 0.6) is 0 Å². The van der Waals surface area contributed by atoms with E-state index in [9.17, 15) is 5.11 Å². The number of fused-ring (bicyclic) bond motifs is 2. The summed E-state index contributed by atoms with van der Waals surface area (Å²) in [5.74, 6) is 0.199. The van der Waals surface area contributed by atoms with Crippen LogP contribution >= 0.6 is 11.3 Å². The minimum absolute atomic E-state index is 0.199. The predicted octanol–water partition coefficient (Wildman–Crippen LogP) is 2.92. The minimum Gasteiger partial charge on any atom is -0.387 e. The maximum absolute atomic E-state index is 10.4. The van der Waals surface area contributed by atoms with Crippen LogP contribution in [0.2, 0.25) is 0 Å². The van der Waals surface area contributed by atoms with E-state index >= 15 is 0 Å². The second-order valence-electron chi connectivity index (χ2n) is 6.42. The van der Waals surface area contributed by atoms with Gasteiger partial charge in [0.1, 0.15) is 4.83 Å². The van der Waals surface area contributed by atoms with Crippen LogP contribution in [0.4, 0.5) is 0 Å². The molecule has 7 heteroatoms. The van der Waals surface area contributed by atoms with Crippen molar-refractivity contribution in [2.24, 2.45) is 13.0 Å². The zero-order chi connectivity index (χ0) is 17.0. The van der Waals surface area contributed by atoms with Crippen molar-refractivity contribution >= 4 is 32.6 Å². The number of pyridine rings is 2. The molecule has 1 aliphatic heterocycles. The Bertz CT molecular complexity index is 1080. The summed E-state index contributed by atoms with van der Waals surface area (Å²) < 4.78 is 6.94. The first-order chi connectivity index (χ1) is 12.2.